The van der Waals surface area contributed by atoms with Crippen LogP contribution in [0.15, 0.2) is 0 Å². The highest BCUT2D eigenvalue weighted by atomic mass is 32.1. The van der Waals surface area contributed by atoms with E-state index >= 15 is 0 Å². The van der Waals surface area contributed by atoms with Gasteiger partial charge in [-0.15, -0.1) is 0 Å². The van der Waals surface area contributed by atoms with Crippen LogP contribution >= 0.6 is 12.6 Å². The number of rotatable bonds is 2. The molecule has 9 heavy (non-hydrogen) atoms. The lowest BCUT2D eigenvalue weighted by Crippen LogP contribution is -2.48. The lowest BCUT2D eigenvalue weighted by Gasteiger charge is -2.41. The average Bonchev–Trinajstić information content (AvgIpc) is 1.84. The number of nitrogens with zero attached hydrogens (tertiary/aromatic N) is 1. The number of hydrogen-bond donors (Lipinski definition) is 1. The molecular weight excluding hydrogens is 130 g/mol. The topological polar surface area (TPSA) is 3.24 Å². The minimum Gasteiger partial charge on any atom is -0.303 e. The maximum Gasteiger partial charge on any atom is 0.0138 e. The Kier molecular flexibility index (Phi) is 2.42. The van der Waals surface area contributed by atoms with E-state index in [1.807, 2.05) is 0 Å². The van der Waals surface area contributed by atoms with Gasteiger partial charge in [0.1, 0.15) is 0 Å². The summed E-state index contributed by atoms with van der Waals surface area (Å²) in [7, 11) is 2.19. The molecule has 0 aromatic rings. The van der Waals surface area contributed by atoms with Gasteiger partial charge in [-0.05, 0) is 31.7 Å². The summed E-state index contributed by atoms with van der Waals surface area (Å²) in [6.07, 6.45) is 1.37. The van der Waals surface area contributed by atoms with Crippen molar-refractivity contribution in [2.75, 3.05) is 19.3 Å². The molecule has 0 aromatic carbocycles. The summed E-state index contributed by atoms with van der Waals surface area (Å²) in [6, 6.07) is 0.822. The zero-order chi connectivity index (χ0) is 6.85. The first kappa shape index (κ1) is 7.42. The van der Waals surface area contributed by atoms with Crippen LogP contribution in [0.5, 0.6) is 0 Å². The van der Waals surface area contributed by atoms with Crippen LogP contribution in [0.4, 0.5) is 0 Å². The summed E-state index contributed by atoms with van der Waals surface area (Å²) in [5, 5.41) is 0. The second-order valence-corrected chi connectivity index (χ2v) is 3.36. The summed E-state index contributed by atoms with van der Waals surface area (Å²) in [4.78, 5) is 2.40. The molecule has 0 amide bonds. The monoisotopic (exact) mass is 145 g/mol. The van der Waals surface area contributed by atoms with Gasteiger partial charge in [0, 0.05) is 6.04 Å². The third-order valence-corrected chi connectivity index (χ3v) is 2.86. The second-order valence-electron chi connectivity index (χ2n) is 3.00. The number of thiol groups is 1. The quantitative estimate of drug-likeness (QED) is 0.572. The van der Waals surface area contributed by atoms with Crippen LogP contribution in [0.25, 0.3) is 0 Å². The van der Waals surface area contributed by atoms with Gasteiger partial charge in [0.25, 0.3) is 0 Å². The Morgan fingerprint density at radius 2 is 2.44 bits per heavy atom. The van der Waals surface area contributed by atoms with Crippen LogP contribution in [-0.2, 0) is 0 Å². The van der Waals surface area contributed by atoms with Crippen molar-refractivity contribution in [1.29, 1.82) is 0 Å². The molecule has 2 heteroatoms. The van der Waals surface area contributed by atoms with Crippen molar-refractivity contribution < 1.29 is 0 Å². The van der Waals surface area contributed by atoms with Crippen LogP contribution < -0.4 is 0 Å². The highest BCUT2D eigenvalue weighted by Crippen LogP contribution is 2.22. The fraction of sp³-hybridized carbons (Fsp3) is 1.00. The maximum absolute atomic E-state index is 4.26. The van der Waals surface area contributed by atoms with E-state index < -0.39 is 0 Å². The Hall–Kier alpha value is 0.310. The fourth-order valence-corrected chi connectivity index (χ4v) is 1.62. The molecule has 2 atom stereocenters. The van der Waals surface area contributed by atoms with Gasteiger partial charge < -0.3 is 4.90 Å². The van der Waals surface area contributed by atoms with Crippen LogP contribution in [0.1, 0.15) is 13.3 Å². The van der Waals surface area contributed by atoms with Gasteiger partial charge in [-0.2, -0.15) is 12.6 Å². The van der Waals surface area contributed by atoms with Crippen molar-refractivity contribution in [3.63, 3.8) is 0 Å². The Morgan fingerprint density at radius 3 is 2.56 bits per heavy atom. The summed E-state index contributed by atoms with van der Waals surface area (Å²) >= 11 is 4.26. The van der Waals surface area contributed by atoms with Crippen molar-refractivity contribution >= 4 is 12.6 Å². The molecule has 1 nitrogen and oxygen atoms in total. The summed E-state index contributed by atoms with van der Waals surface area (Å²) in [5.41, 5.74) is 0. The number of likely N-dealkylation sites (tertiary alicyclic amines) is 1. The third-order valence-electron chi connectivity index (χ3n) is 2.29. The molecule has 1 aliphatic rings. The standard InChI is InChI=1S/C7H15NS/c1-6(5-9)7-3-4-8(7)2/h6-7,9H,3-5H2,1-2H3. The first-order valence-corrected chi connectivity index (χ1v) is 4.20. The summed E-state index contributed by atoms with van der Waals surface area (Å²) < 4.78 is 0. The molecule has 1 saturated heterocycles. The fourth-order valence-electron chi connectivity index (χ4n) is 1.38. The summed E-state index contributed by atoms with van der Waals surface area (Å²) in [5.74, 6) is 1.79. The van der Waals surface area contributed by atoms with Crippen molar-refractivity contribution in [1.82, 2.24) is 4.90 Å². The van der Waals surface area contributed by atoms with E-state index in [1.54, 1.807) is 0 Å². The first-order chi connectivity index (χ1) is 4.25. The first-order valence-electron chi connectivity index (χ1n) is 3.57. The zero-order valence-corrected chi connectivity index (χ0v) is 7.06. The van der Waals surface area contributed by atoms with E-state index in [0.717, 1.165) is 17.7 Å². The molecule has 54 valence electrons. The molecule has 0 saturated carbocycles. The SMILES string of the molecule is CC(CS)C1CCN1C. The Bertz CT molecular complexity index is 94.9. The number of hydrogen-bond acceptors (Lipinski definition) is 2. The molecule has 1 aliphatic heterocycles. The minimum absolute atomic E-state index is 0.770. The highest BCUT2D eigenvalue weighted by Gasteiger charge is 2.27. The van der Waals surface area contributed by atoms with E-state index in [4.69, 9.17) is 0 Å². The van der Waals surface area contributed by atoms with Gasteiger partial charge >= 0.3 is 0 Å². The third kappa shape index (κ3) is 1.41. The van der Waals surface area contributed by atoms with Gasteiger partial charge in [-0.1, -0.05) is 6.92 Å². The molecule has 0 bridgehead atoms. The highest BCUT2D eigenvalue weighted by molar-refractivity contribution is 7.80. The molecule has 0 aromatic heterocycles. The molecule has 0 aliphatic carbocycles. The molecule has 0 radical (unpaired) electrons. The zero-order valence-electron chi connectivity index (χ0n) is 6.17. The Labute approximate surface area is 62.8 Å². The lowest BCUT2D eigenvalue weighted by atomic mass is 9.93. The van der Waals surface area contributed by atoms with Crippen molar-refractivity contribution in [2.45, 2.75) is 19.4 Å². The molecule has 2 unspecified atom stereocenters. The van der Waals surface area contributed by atoms with Gasteiger partial charge in [0.05, 0.1) is 0 Å². The van der Waals surface area contributed by atoms with E-state index in [0.29, 0.717) is 0 Å². The molecule has 0 spiro atoms. The minimum atomic E-state index is 0.770. The molecule has 1 heterocycles. The van der Waals surface area contributed by atoms with Crippen LogP contribution in [-0.4, -0.2) is 30.3 Å². The molecule has 1 rings (SSSR count). The molecular formula is C7H15NS. The van der Waals surface area contributed by atoms with Crippen LogP contribution in [0, 0.1) is 5.92 Å². The van der Waals surface area contributed by atoms with E-state index in [2.05, 4.69) is 31.5 Å². The predicted molar refractivity (Wildman–Crippen MR) is 44.1 cm³/mol. The largest absolute Gasteiger partial charge is 0.303 e. The van der Waals surface area contributed by atoms with Crippen LogP contribution in [0.2, 0.25) is 0 Å². The van der Waals surface area contributed by atoms with E-state index in [9.17, 15) is 0 Å². The Balaban J connectivity index is 2.25. The van der Waals surface area contributed by atoms with Gasteiger partial charge in [-0.25, -0.2) is 0 Å². The van der Waals surface area contributed by atoms with Gasteiger partial charge in [0.15, 0.2) is 0 Å². The maximum atomic E-state index is 4.26. The lowest BCUT2D eigenvalue weighted by molar-refractivity contribution is 0.0886. The van der Waals surface area contributed by atoms with Crippen molar-refractivity contribution in [3.05, 3.63) is 0 Å². The van der Waals surface area contributed by atoms with Crippen molar-refractivity contribution in [3.8, 4) is 0 Å². The Morgan fingerprint density at radius 1 is 1.78 bits per heavy atom. The van der Waals surface area contributed by atoms with E-state index in [-0.39, 0.29) is 0 Å². The average molecular weight is 145 g/mol. The van der Waals surface area contributed by atoms with Gasteiger partial charge in [0.2, 0.25) is 0 Å². The van der Waals surface area contributed by atoms with Crippen molar-refractivity contribution in [2.24, 2.45) is 5.92 Å². The second kappa shape index (κ2) is 2.93. The smallest absolute Gasteiger partial charge is 0.0138 e. The van der Waals surface area contributed by atoms with Gasteiger partial charge in [-0.3, -0.25) is 0 Å². The predicted octanol–water partition coefficient (Wildman–Crippen LogP) is 1.26. The molecule has 1 fully saturated rings. The van der Waals surface area contributed by atoms with E-state index in [1.165, 1.54) is 13.0 Å². The molecule has 0 N–H and O–H groups in total. The summed E-state index contributed by atoms with van der Waals surface area (Å²) in [6.45, 7) is 3.55. The van der Waals surface area contributed by atoms with Crippen LogP contribution in [0.3, 0.4) is 0 Å². The normalized spacial score (nSPS) is 31.7.